The first-order valence-electron chi connectivity index (χ1n) is 5.72. The van der Waals surface area contributed by atoms with Crippen LogP contribution in [-0.4, -0.2) is 9.97 Å². The van der Waals surface area contributed by atoms with Crippen LogP contribution in [0.5, 0.6) is 0 Å². The van der Waals surface area contributed by atoms with Gasteiger partial charge in [-0.05, 0) is 34.1 Å². The van der Waals surface area contributed by atoms with Crippen LogP contribution in [0, 0.1) is 5.82 Å². The molecule has 0 aliphatic rings. The van der Waals surface area contributed by atoms with Crippen molar-refractivity contribution in [1.82, 2.24) is 9.97 Å². The molecule has 0 unspecified atom stereocenters. The lowest BCUT2D eigenvalue weighted by atomic mass is 10.2. The van der Waals surface area contributed by atoms with Gasteiger partial charge in [-0.2, -0.15) is 0 Å². The van der Waals surface area contributed by atoms with Crippen molar-refractivity contribution in [2.24, 2.45) is 0 Å². The quantitative estimate of drug-likeness (QED) is 0.805. The van der Waals surface area contributed by atoms with Crippen LogP contribution in [0.25, 0.3) is 0 Å². The van der Waals surface area contributed by atoms with Gasteiger partial charge in [0.2, 0.25) is 0 Å². The van der Waals surface area contributed by atoms with E-state index in [9.17, 15) is 4.39 Å². The maximum Gasteiger partial charge on any atom is 0.135 e. The third-order valence-electron chi connectivity index (χ3n) is 2.42. The van der Waals surface area contributed by atoms with Gasteiger partial charge in [-0.25, -0.2) is 14.4 Å². The molecule has 100 valence electrons. The number of hydrogen-bond acceptors (Lipinski definition) is 3. The molecule has 1 aromatic heterocycles. The van der Waals surface area contributed by atoms with E-state index in [-0.39, 0.29) is 11.7 Å². The summed E-state index contributed by atoms with van der Waals surface area (Å²) in [4.78, 5) is 8.49. The van der Waals surface area contributed by atoms with E-state index >= 15 is 0 Å². The summed E-state index contributed by atoms with van der Waals surface area (Å²) in [5.74, 6) is 1.02. The first-order chi connectivity index (χ1) is 8.95. The van der Waals surface area contributed by atoms with E-state index < -0.39 is 0 Å². The molecule has 0 atom stereocenters. The van der Waals surface area contributed by atoms with Gasteiger partial charge in [-0.1, -0.05) is 25.4 Å². The average molecular weight is 345 g/mol. The van der Waals surface area contributed by atoms with Crippen molar-refractivity contribution in [3.63, 3.8) is 0 Å². The fourth-order valence-corrected chi connectivity index (χ4v) is 2.02. The van der Waals surface area contributed by atoms with E-state index in [0.29, 0.717) is 22.5 Å². The predicted octanol–water partition coefficient (Wildman–Crippen LogP) is 4.90. The molecule has 0 aliphatic carbocycles. The van der Waals surface area contributed by atoms with E-state index in [1.54, 1.807) is 12.1 Å². The second-order valence-electron chi connectivity index (χ2n) is 4.34. The highest BCUT2D eigenvalue weighted by Crippen LogP contribution is 2.27. The summed E-state index contributed by atoms with van der Waals surface area (Å²) in [6.07, 6.45) is 0. The molecule has 0 saturated carbocycles. The number of benzene rings is 1. The number of hydrogen-bond donors (Lipinski definition) is 1. The molecule has 0 bridgehead atoms. The molecular formula is C13H12BrClFN3. The molecular weight excluding hydrogens is 333 g/mol. The molecule has 0 fully saturated rings. The number of nitrogens with one attached hydrogen (secondary N) is 1. The molecule has 2 aromatic rings. The molecule has 0 saturated heterocycles. The summed E-state index contributed by atoms with van der Waals surface area (Å²) in [6.45, 7) is 3.96. The van der Waals surface area contributed by atoms with Crippen LogP contribution in [0.2, 0.25) is 5.15 Å². The minimum atomic E-state index is -0.324. The zero-order valence-electron chi connectivity index (χ0n) is 10.4. The first-order valence-corrected chi connectivity index (χ1v) is 6.89. The highest BCUT2D eigenvalue weighted by molar-refractivity contribution is 9.10. The Morgan fingerprint density at radius 2 is 2.00 bits per heavy atom. The monoisotopic (exact) mass is 343 g/mol. The zero-order valence-corrected chi connectivity index (χ0v) is 12.8. The van der Waals surface area contributed by atoms with Crippen molar-refractivity contribution in [2.45, 2.75) is 19.8 Å². The topological polar surface area (TPSA) is 37.8 Å². The number of anilines is 2. The molecule has 0 spiro atoms. The van der Waals surface area contributed by atoms with E-state index in [4.69, 9.17) is 11.6 Å². The highest BCUT2D eigenvalue weighted by Gasteiger charge is 2.09. The van der Waals surface area contributed by atoms with E-state index in [0.717, 1.165) is 4.47 Å². The Kier molecular flexibility index (Phi) is 4.37. The Hall–Kier alpha value is -1.20. The van der Waals surface area contributed by atoms with Gasteiger partial charge in [-0.3, -0.25) is 0 Å². The van der Waals surface area contributed by atoms with Crippen LogP contribution in [0.15, 0.2) is 28.7 Å². The van der Waals surface area contributed by atoms with E-state index in [2.05, 4.69) is 31.2 Å². The molecule has 3 nitrogen and oxygen atoms in total. The lowest BCUT2D eigenvalue weighted by molar-refractivity contribution is 0.628. The number of aromatic nitrogens is 2. The van der Waals surface area contributed by atoms with Gasteiger partial charge < -0.3 is 5.32 Å². The minimum absolute atomic E-state index is 0.162. The van der Waals surface area contributed by atoms with Crippen molar-refractivity contribution in [3.8, 4) is 0 Å². The van der Waals surface area contributed by atoms with Gasteiger partial charge in [0.25, 0.3) is 0 Å². The van der Waals surface area contributed by atoms with Crippen LogP contribution < -0.4 is 5.32 Å². The number of rotatable bonds is 3. The van der Waals surface area contributed by atoms with Gasteiger partial charge in [-0.15, -0.1) is 0 Å². The minimum Gasteiger partial charge on any atom is -0.339 e. The van der Waals surface area contributed by atoms with E-state index in [1.807, 2.05) is 13.8 Å². The third kappa shape index (κ3) is 3.64. The Labute approximate surface area is 124 Å². The van der Waals surface area contributed by atoms with Crippen molar-refractivity contribution in [3.05, 3.63) is 45.5 Å². The zero-order chi connectivity index (χ0) is 14.0. The van der Waals surface area contributed by atoms with Gasteiger partial charge in [0.1, 0.15) is 22.6 Å². The van der Waals surface area contributed by atoms with Gasteiger partial charge in [0.15, 0.2) is 0 Å². The normalized spacial score (nSPS) is 10.8. The van der Waals surface area contributed by atoms with Crippen molar-refractivity contribution in [1.29, 1.82) is 0 Å². The highest BCUT2D eigenvalue weighted by atomic mass is 79.9. The summed E-state index contributed by atoms with van der Waals surface area (Å²) < 4.78 is 14.0. The summed E-state index contributed by atoms with van der Waals surface area (Å²) >= 11 is 9.30. The molecule has 0 aliphatic heterocycles. The van der Waals surface area contributed by atoms with Gasteiger partial charge in [0, 0.05) is 16.5 Å². The molecule has 0 radical (unpaired) electrons. The second-order valence-corrected chi connectivity index (χ2v) is 5.58. The van der Waals surface area contributed by atoms with Gasteiger partial charge in [0.05, 0.1) is 5.69 Å². The molecule has 2 rings (SSSR count). The van der Waals surface area contributed by atoms with E-state index in [1.165, 1.54) is 12.1 Å². The van der Waals surface area contributed by atoms with Crippen LogP contribution in [0.4, 0.5) is 15.9 Å². The Balaban J connectivity index is 2.35. The molecule has 1 aromatic carbocycles. The molecule has 1 N–H and O–H groups in total. The number of nitrogens with zero attached hydrogens (tertiary/aromatic N) is 2. The van der Waals surface area contributed by atoms with Gasteiger partial charge >= 0.3 is 0 Å². The molecule has 1 heterocycles. The Morgan fingerprint density at radius 3 is 2.68 bits per heavy atom. The molecule has 0 amide bonds. The lowest BCUT2D eigenvalue weighted by Crippen LogP contribution is -2.02. The van der Waals surface area contributed by atoms with Crippen LogP contribution >= 0.6 is 27.5 Å². The maximum absolute atomic E-state index is 13.2. The standard InChI is InChI=1S/C13H12BrClFN3/c1-7(2)13-18-11(15)6-12(19-13)17-10-5-8(16)3-4-9(10)14/h3-7H,1-2H3,(H,17,18,19). The lowest BCUT2D eigenvalue weighted by Gasteiger charge is -2.11. The summed E-state index contributed by atoms with van der Waals surface area (Å²) in [5.41, 5.74) is 0.587. The smallest absolute Gasteiger partial charge is 0.135 e. The van der Waals surface area contributed by atoms with Crippen molar-refractivity contribution < 1.29 is 4.39 Å². The third-order valence-corrected chi connectivity index (χ3v) is 3.30. The van der Waals surface area contributed by atoms with Crippen LogP contribution in [-0.2, 0) is 0 Å². The maximum atomic E-state index is 13.2. The summed E-state index contributed by atoms with van der Waals surface area (Å²) in [7, 11) is 0. The summed E-state index contributed by atoms with van der Waals surface area (Å²) in [5, 5.41) is 3.38. The van der Waals surface area contributed by atoms with Crippen LogP contribution in [0.3, 0.4) is 0 Å². The van der Waals surface area contributed by atoms with Crippen molar-refractivity contribution >= 4 is 39.0 Å². The van der Waals surface area contributed by atoms with Crippen LogP contribution in [0.1, 0.15) is 25.6 Å². The Morgan fingerprint density at radius 1 is 1.26 bits per heavy atom. The summed E-state index contributed by atoms with van der Waals surface area (Å²) in [6, 6.07) is 5.99. The average Bonchev–Trinajstić information content (AvgIpc) is 2.33. The predicted molar refractivity (Wildman–Crippen MR) is 78.5 cm³/mol. The SMILES string of the molecule is CC(C)c1nc(Cl)cc(Nc2cc(F)ccc2Br)n1. The molecule has 6 heteroatoms. The second kappa shape index (κ2) is 5.84. The fourth-order valence-electron chi connectivity index (χ4n) is 1.49. The fraction of sp³-hybridized carbons (Fsp3) is 0.231. The molecule has 19 heavy (non-hydrogen) atoms. The number of halogens is 3. The largest absolute Gasteiger partial charge is 0.339 e. The van der Waals surface area contributed by atoms with Crippen molar-refractivity contribution in [2.75, 3.05) is 5.32 Å². The Bertz CT molecular complexity index is 604. The first kappa shape index (κ1) is 14.2.